The summed E-state index contributed by atoms with van der Waals surface area (Å²) in [5.74, 6) is 2.03. The molecule has 74 valence electrons. The van der Waals surface area contributed by atoms with E-state index >= 15 is 0 Å². The van der Waals surface area contributed by atoms with Gasteiger partial charge in [0.25, 0.3) is 0 Å². The molecule has 0 amide bonds. The van der Waals surface area contributed by atoms with Crippen LogP contribution in [0.3, 0.4) is 0 Å². The first-order valence-corrected chi connectivity index (χ1v) is 5.75. The van der Waals surface area contributed by atoms with E-state index in [0.717, 1.165) is 31.1 Å². The third-order valence-electron chi connectivity index (χ3n) is 3.64. The summed E-state index contributed by atoms with van der Waals surface area (Å²) in [6, 6.07) is 0.786. The number of hydrogen-bond acceptors (Lipinski definition) is 2. The maximum absolute atomic E-state index is 5.57. The molecule has 0 aromatic carbocycles. The van der Waals surface area contributed by atoms with E-state index in [1.807, 2.05) is 0 Å². The minimum absolute atomic E-state index is 0.786. The molecule has 3 aliphatic rings. The summed E-state index contributed by atoms with van der Waals surface area (Å²) in [6.07, 6.45) is 5.87. The van der Waals surface area contributed by atoms with Gasteiger partial charge in [0.15, 0.2) is 0 Å². The molecule has 2 nitrogen and oxygen atoms in total. The summed E-state index contributed by atoms with van der Waals surface area (Å²) in [7, 11) is 0. The van der Waals surface area contributed by atoms with E-state index in [-0.39, 0.29) is 0 Å². The third kappa shape index (κ3) is 1.89. The van der Waals surface area contributed by atoms with E-state index in [1.54, 1.807) is 0 Å². The van der Waals surface area contributed by atoms with Gasteiger partial charge in [-0.15, -0.1) is 0 Å². The highest BCUT2D eigenvalue weighted by Gasteiger charge is 2.38. The maximum atomic E-state index is 5.57. The third-order valence-corrected chi connectivity index (χ3v) is 3.64. The van der Waals surface area contributed by atoms with Crippen LogP contribution in [0.15, 0.2) is 0 Å². The van der Waals surface area contributed by atoms with Gasteiger partial charge in [0.05, 0.1) is 13.2 Å². The highest BCUT2D eigenvalue weighted by atomic mass is 16.5. The van der Waals surface area contributed by atoms with Crippen molar-refractivity contribution in [2.75, 3.05) is 26.3 Å². The largest absolute Gasteiger partial charge is 0.378 e. The summed E-state index contributed by atoms with van der Waals surface area (Å²) in [5, 5.41) is 0. The van der Waals surface area contributed by atoms with Crippen LogP contribution in [0.4, 0.5) is 0 Å². The van der Waals surface area contributed by atoms with E-state index in [9.17, 15) is 0 Å². The molecule has 13 heavy (non-hydrogen) atoms. The molecule has 0 radical (unpaired) electrons. The van der Waals surface area contributed by atoms with Crippen LogP contribution in [0.5, 0.6) is 0 Å². The van der Waals surface area contributed by atoms with Gasteiger partial charge in [0.2, 0.25) is 0 Å². The van der Waals surface area contributed by atoms with E-state index < -0.39 is 0 Å². The molecule has 1 heterocycles. The smallest absolute Gasteiger partial charge is 0.0625 e. The lowest BCUT2D eigenvalue weighted by Crippen LogP contribution is -2.47. The van der Waals surface area contributed by atoms with Gasteiger partial charge in [-0.1, -0.05) is 0 Å². The summed E-state index contributed by atoms with van der Waals surface area (Å²) < 4.78 is 5.57. The zero-order valence-electron chi connectivity index (χ0n) is 8.24. The second kappa shape index (κ2) is 3.25. The fourth-order valence-electron chi connectivity index (χ4n) is 2.43. The van der Waals surface area contributed by atoms with Crippen molar-refractivity contribution in [2.24, 2.45) is 11.8 Å². The number of hydrogen-bond donors (Lipinski definition) is 0. The summed E-state index contributed by atoms with van der Waals surface area (Å²) in [5.41, 5.74) is 0. The van der Waals surface area contributed by atoms with Gasteiger partial charge in [0, 0.05) is 19.1 Å². The fourth-order valence-corrected chi connectivity index (χ4v) is 2.43. The molecule has 0 N–H and O–H groups in total. The average molecular weight is 181 g/mol. The summed E-state index contributed by atoms with van der Waals surface area (Å²) in [4.78, 5) is 2.71. The molecule has 1 atom stereocenters. The van der Waals surface area contributed by atoms with Crippen molar-refractivity contribution in [1.29, 1.82) is 0 Å². The SMILES string of the molecule is C1CN(CC2CC2)C(C2CC2)CO1. The molecule has 2 saturated carbocycles. The molecule has 1 saturated heterocycles. The molecular formula is C11H19NO. The van der Waals surface area contributed by atoms with E-state index in [0.29, 0.717) is 0 Å². The zero-order chi connectivity index (χ0) is 8.67. The predicted octanol–water partition coefficient (Wildman–Crippen LogP) is 1.51. The van der Waals surface area contributed by atoms with Crippen molar-refractivity contribution in [3.8, 4) is 0 Å². The van der Waals surface area contributed by atoms with Crippen molar-refractivity contribution in [2.45, 2.75) is 31.7 Å². The minimum atomic E-state index is 0.786. The van der Waals surface area contributed by atoms with Crippen molar-refractivity contribution in [3.05, 3.63) is 0 Å². The maximum Gasteiger partial charge on any atom is 0.0625 e. The van der Waals surface area contributed by atoms with Crippen LogP contribution < -0.4 is 0 Å². The monoisotopic (exact) mass is 181 g/mol. The normalized spacial score (nSPS) is 36.5. The Labute approximate surface area is 80.2 Å². The quantitative estimate of drug-likeness (QED) is 0.654. The second-order valence-corrected chi connectivity index (χ2v) is 4.92. The van der Waals surface area contributed by atoms with Crippen molar-refractivity contribution in [3.63, 3.8) is 0 Å². The summed E-state index contributed by atoms with van der Waals surface area (Å²) in [6.45, 7) is 4.54. The van der Waals surface area contributed by atoms with Crippen molar-refractivity contribution < 1.29 is 4.74 Å². The van der Waals surface area contributed by atoms with Crippen LogP contribution in [-0.4, -0.2) is 37.2 Å². The first-order chi connectivity index (χ1) is 6.43. The van der Waals surface area contributed by atoms with Gasteiger partial charge < -0.3 is 4.74 Å². The molecule has 0 bridgehead atoms. The minimum Gasteiger partial charge on any atom is -0.378 e. The fraction of sp³-hybridized carbons (Fsp3) is 1.00. The van der Waals surface area contributed by atoms with Gasteiger partial charge >= 0.3 is 0 Å². The Morgan fingerprint density at radius 2 is 2.00 bits per heavy atom. The molecule has 0 spiro atoms. The Kier molecular flexibility index (Phi) is 2.06. The topological polar surface area (TPSA) is 12.5 Å². The highest BCUT2D eigenvalue weighted by molar-refractivity contribution is 4.91. The first kappa shape index (κ1) is 8.25. The number of ether oxygens (including phenoxy) is 1. The summed E-state index contributed by atoms with van der Waals surface area (Å²) >= 11 is 0. The van der Waals surface area contributed by atoms with Crippen LogP contribution in [0.25, 0.3) is 0 Å². The lowest BCUT2D eigenvalue weighted by Gasteiger charge is -2.35. The van der Waals surface area contributed by atoms with Gasteiger partial charge in [-0.2, -0.15) is 0 Å². The number of nitrogens with zero attached hydrogens (tertiary/aromatic N) is 1. The molecule has 0 aromatic rings. The molecule has 3 rings (SSSR count). The van der Waals surface area contributed by atoms with Gasteiger partial charge in [-0.05, 0) is 37.5 Å². The Bertz CT molecular complexity index is 187. The Morgan fingerprint density at radius 1 is 1.15 bits per heavy atom. The van der Waals surface area contributed by atoms with Crippen LogP contribution >= 0.6 is 0 Å². The van der Waals surface area contributed by atoms with E-state index in [2.05, 4.69) is 4.90 Å². The second-order valence-electron chi connectivity index (χ2n) is 4.92. The van der Waals surface area contributed by atoms with Gasteiger partial charge in [-0.25, -0.2) is 0 Å². The molecule has 3 fully saturated rings. The average Bonchev–Trinajstić information content (AvgIpc) is 3.00. The van der Waals surface area contributed by atoms with Crippen LogP contribution in [0.2, 0.25) is 0 Å². The number of rotatable bonds is 3. The van der Waals surface area contributed by atoms with E-state index in [1.165, 1.54) is 38.8 Å². The lowest BCUT2D eigenvalue weighted by molar-refractivity contribution is -0.0176. The predicted molar refractivity (Wildman–Crippen MR) is 51.6 cm³/mol. The Balaban J connectivity index is 1.59. The zero-order valence-corrected chi connectivity index (χ0v) is 8.24. The highest BCUT2D eigenvalue weighted by Crippen LogP contribution is 2.38. The number of morpholine rings is 1. The molecule has 0 aromatic heterocycles. The molecular weight excluding hydrogens is 162 g/mol. The van der Waals surface area contributed by atoms with E-state index in [4.69, 9.17) is 4.74 Å². The molecule has 1 aliphatic heterocycles. The van der Waals surface area contributed by atoms with Crippen molar-refractivity contribution >= 4 is 0 Å². The van der Waals surface area contributed by atoms with Crippen LogP contribution in [0, 0.1) is 11.8 Å². The molecule has 2 heteroatoms. The lowest BCUT2D eigenvalue weighted by atomic mass is 10.1. The van der Waals surface area contributed by atoms with Crippen LogP contribution in [0.1, 0.15) is 25.7 Å². The Morgan fingerprint density at radius 3 is 2.69 bits per heavy atom. The van der Waals surface area contributed by atoms with Crippen LogP contribution in [-0.2, 0) is 4.74 Å². The Hall–Kier alpha value is -0.0800. The first-order valence-electron chi connectivity index (χ1n) is 5.75. The molecule has 2 aliphatic carbocycles. The molecule has 1 unspecified atom stereocenters. The van der Waals surface area contributed by atoms with Gasteiger partial charge in [-0.3, -0.25) is 4.90 Å². The van der Waals surface area contributed by atoms with Crippen molar-refractivity contribution in [1.82, 2.24) is 4.90 Å². The standard InChI is InChI=1S/C11H19NO/c1-2-9(1)7-12-5-6-13-8-11(12)10-3-4-10/h9-11H,1-8H2. The van der Waals surface area contributed by atoms with Gasteiger partial charge in [0.1, 0.15) is 0 Å².